The van der Waals surface area contributed by atoms with E-state index in [9.17, 15) is 12.8 Å². The van der Waals surface area contributed by atoms with Crippen LogP contribution >= 0.6 is 11.6 Å². The number of nitrogens with zero attached hydrogens (tertiary/aromatic N) is 4. The van der Waals surface area contributed by atoms with Crippen molar-refractivity contribution in [2.75, 3.05) is 59.3 Å². The highest BCUT2D eigenvalue weighted by atomic mass is 35.5. The van der Waals surface area contributed by atoms with Gasteiger partial charge in [0, 0.05) is 38.9 Å². The van der Waals surface area contributed by atoms with Crippen LogP contribution in [0.3, 0.4) is 0 Å². The standard InChI is InChI=1S/C22H25ClFN7O2S/c1-30(34(2,32)33)20-6-4-3-5-18(20)28-21-16(23)14-26-22(29-21)27-15-7-8-19(17(24)13-15)31-11-9-25-10-12-31/h3-8,13-14,25H,9-12H2,1-2H3,(H2,26,27,28,29). The number of para-hydroxylation sites is 2. The Morgan fingerprint density at radius 2 is 1.88 bits per heavy atom. The van der Waals surface area contributed by atoms with Gasteiger partial charge in [-0.15, -0.1) is 0 Å². The molecule has 0 aliphatic carbocycles. The van der Waals surface area contributed by atoms with Crippen LogP contribution in [-0.4, -0.2) is 57.9 Å². The quantitative estimate of drug-likeness (QED) is 0.448. The van der Waals surface area contributed by atoms with Crippen LogP contribution in [-0.2, 0) is 10.0 Å². The first-order valence-electron chi connectivity index (χ1n) is 10.6. The molecule has 0 radical (unpaired) electrons. The second kappa shape index (κ2) is 10.00. The number of sulfonamides is 1. The number of anilines is 6. The number of piperazine rings is 1. The van der Waals surface area contributed by atoms with Gasteiger partial charge in [0.1, 0.15) is 10.8 Å². The molecule has 1 aliphatic heterocycles. The van der Waals surface area contributed by atoms with E-state index in [1.54, 1.807) is 36.4 Å². The predicted molar refractivity (Wildman–Crippen MR) is 135 cm³/mol. The lowest BCUT2D eigenvalue weighted by atomic mass is 10.2. The Morgan fingerprint density at radius 1 is 1.15 bits per heavy atom. The normalized spacial score (nSPS) is 14.1. The van der Waals surface area contributed by atoms with E-state index in [1.165, 1.54) is 19.3 Å². The van der Waals surface area contributed by atoms with Crippen molar-refractivity contribution in [3.05, 3.63) is 59.5 Å². The molecule has 3 N–H and O–H groups in total. The summed E-state index contributed by atoms with van der Waals surface area (Å²) in [6.07, 6.45) is 2.53. The van der Waals surface area contributed by atoms with Crippen molar-refractivity contribution in [3.63, 3.8) is 0 Å². The third-order valence-corrected chi connectivity index (χ3v) is 6.87. The van der Waals surface area contributed by atoms with E-state index in [2.05, 4.69) is 25.9 Å². The minimum absolute atomic E-state index is 0.204. The Kier molecular flexibility index (Phi) is 7.05. The second-order valence-corrected chi connectivity index (χ2v) is 10.2. The topological polar surface area (TPSA) is 102 Å². The van der Waals surface area contributed by atoms with E-state index in [1.807, 2.05) is 4.90 Å². The molecule has 0 unspecified atom stereocenters. The largest absolute Gasteiger partial charge is 0.367 e. The summed E-state index contributed by atoms with van der Waals surface area (Å²) < 4.78 is 39.9. The summed E-state index contributed by atoms with van der Waals surface area (Å²) in [7, 11) is -2.01. The van der Waals surface area contributed by atoms with Crippen molar-refractivity contribution in [2.45, 2.75) is 0 Å². The summed E-state index contributed by atoms with van der Waals surface area (Å²) in [5.74, 6) is 0.138. The molecule has 0 bridgehead atoms. The summed E-state index contributed by atoms with van der Waals surface area (Å²) in [5, 5.41) is 9.55. The van der Waals surface area contributed by atoms with E-state index in [0.717, 1.165) is 36.7 Å². The highest BCUT2D eigenvalue weighted by Gasteiger charge is 2.18. The molecule has 1 fully saturated rings. The molecule has 1 aliphatic rings. The van der Waals surface area contributed by atoms with Crippen molar-refractivity contribution in [1.82, 2.24) is 15.3 Å². The van der Waals surface area contributed by atoms with Crippen molar-refractivity contribution in [1.29, 1.82) is 0 Å². The molecule has 4 rings (SSSR count). The van der Waals surface area contributed by atoms with E-state index in [-0.39, 0.29) is 22.6 Å². The van der Waals surface area contributed by atoms with Gasteiger partial charge in [0.15, 0.2) is 5.82 Å². The first-order chi connectivity index (χ1) is 16.2. The lowest BCUT2D eigenvalue weighted by molar-refractivity contribution is 0.566. The Balaban J connectivity index is 1.55. The van der Waals surface area contributed by atoms with Crippen LogP contribution in [0.4, 0.5) is 38.9 Å². The Labute approximate surface area is 203 Å². The second-order valence-electron chi connectivity index (χ2n) is 7.79. The van der Waals surface area contributed by atoms with E-state index >= 15 is 0 Å². The fourth-order valence-corrected chi connectivity index (χ4v) is 4.21. The van der Waals surface area contributed by atoms with Crippen LogP contribution in [0, 0.1) is 5.82 Å². The maximum absolute atomic E-state index is 14.8. The molecule has 1 saturated heterocycles. The highest BCUT2D eigenvalue weighted by molar-refractivity contribution is 7.92. The van der Waals surface area contributed by atoms with Gasteiger partial charge in [-0.3, -0.25) is 4.31 Å². The Bertz CT molecular complexity index is 1290. The van der Waals surface area contributed by atoms with E-state index in [0.29, 0.717) is 22.7 Å². The van der Waals surface area contributed by atoms with Crippen LogP contribution in [0.5, 0.6) is 0 Å². The maximum atomic E-state index is 14.8. The third kappa shape index (κ3) is 5.49. The van der Waals surface area contributed by atoms with Crippen molar-refractivity contribution in [2.24, 2.45) is 0 Å². The summed E-state index contributed by atoms with van der Waals surface area (Å²) in [6.45, 7) is 3.12. The first kappa shape index (κ1) is 24.0. The SMILES string of the molecule is CN(c1ccccc1Nc1nc(Nc2ccc(N3CCNCC3)c(F)c2)ncc1Cl)S(C)(=O)=O. The number of hydrogen-bond donors (Lipinski definition) is 3. The van der Waals surface area contributed by atoms with Crippen LogP contribution in [0.2, 0.25) is 5.02 Å². The summed E-state index contributed by atoms with van der Waals surface area (Å²) in [6, 6.07) is 11.8. The fraction of sp³-hybridized carbons (Fsp3) is 0.273. The average molecular weight is 506 g/mol. The monoisotopic (exact) mass is 505 g/mol. The van der Waals surface area contributed by atoms with Crippen LogP contribution in [0.15, 0.2) is 48.7 Å². The number of nitrogens with one attached hydrogen (secondary N) is 3. The first-order valence-corrected chi connectivity index (χ1v) is 12.8. The third-order valence-electron chi connectivity index (χ3n) is 5.40. The zero-order valence-corrected chi connectivity index (χ0v) is 20.3. The van der Waals surface area contributed by atoms with Gasteiger partial charge in [-0.05, 0) is 30.3 Å². The molecule has 180 valence electrons. The predicted octanol–water partition coefficient (Wildman–Crippen LogP) is 3.56. The molecule has 9 nitrogen and oxygen atoms in total. The molecule has 0 atom stereocenters. The van der Waals surface area contributed by atoms with Gasteiger partial charge in [0.25, 0.3) is 0 Å². The van der Waals surface area contributed by atoms with Gasteiger partial charge in [0.05, 0.1) is 29.5 Å². The molecule has 2 heterocycles. The molecule has 0 amide bonds. The van der Waals surface area contributed by atoms with Crippen molar-refractivity contribution in [3.8, 4) is 0 Å². The number of hydrogen-bond acceptors (Lipinski definition) is 8. The Morgan fingerprint density at radius 3 is 2.59 bits per heavy atom. The average Bonchev–Trinajstić information content (AvgIpc) is 2.81. The lowest BCUT2D eigenvalue weighted by Crippen LogP contribution is -2.43. The maximum Gasteiger partial charge on any atom is 0.232 e. The van der Waals surface area contributed by atoms with Gasteiger partial charge in [-0.1, -0.05) is 23.7 Å². The van der Waals surface area contributed by atoms with Gasteiger partial charge in [-0.25, -0.2) is 17.8 Å². The van der Waals surface area contributed by atoms with Gasteiger partial charge in [-0.2, -0.15) is 4.98 Å². The van der Waals surface area contributed by atoms with Crippen molar-refractivity contribution < 1.29 is 12.8 Å². The minimum Gasteiger partial charge on any atom is -0.367 e. The van der Waals surface area contributed by atoms with E-state index < -0.39 is 10.0 Å². The molecule has 1 aromatic heterocycles. The molecule has 34 heavy (non-hydrogen) atoms. The number of benzene rings is 2. The molecule has 3 aromatic rings. The number of halogens is 2. The van der Waals surface area contributed by atoms with Crippen LogP contribution < -0.4 is 25.2 Å². The van der Waals surface area contributed by atoms with Gasteiger partial charge < -0.3 is 20.9 Å². The minimum atomic E-state index is -3.47. The van der Waals surface area contributed by atoms with Gasteiger partial charge in [0.2, 0.25) is 16.0 Å². The number of rotatable bonds is 7. The van der Waals surface area contributed by atoms with Crippen molar-refractivity contribution >= 4 is 56.1 Å². The summed E-state index contributed by atoms with van der Waals surface area (Å²) in [5.41, 5.74) is 1.97. The van der Waals surface area contributed by atoms with Gasteiger partial charge >= 0.3 is 0 Å². The van der Waals surface area contributed by atoms with Crippen LogP contribution in [0.25, 0.3) is 0 Å². The molecule has 0 saturated carbocycles. The molecule has 12 heteroatoms. The molecular formula is C22H25ClFN7O2S. The summed E-state index contributed by atoms with van der Waals surface area (Å²) in [4.78, 5) is 10.6. The molecule has 2 aromatic carbocycles. The zero-order valence-electron chi connectivity index (χ0n) is 18.7. The number of aromatic nitrogens is 2. The highest BCUT2D eigenvalue weighted by Crippen LogP contribution is 2.32. The lowest BCUT2D eigenvalue weighted by Gasteiger charge is -2.29. The van der Waals surface area contributed by atoms with Crippen LogP contribution in [0.1, 0.15) is 0 Å². The molecule has 0 spiro atoms. The van der Waals surface area contributed by atoms with E-state index in [4.69, 9.17) is 11.6 Å². The smallest absolute Gasteiger partial charge is 0.232 e. The Hall–Kier alpha value is -3.15. The molecular weight excluding hydrogens is 481 g/mol. The zero-order chi connectivity index (χ0) is 24.3. The fourth-order valence-electron chi connectivity index (χ4n) is 3.55. The summed E-state index contributed by atoms with van der Waals surface area (Å²) >= 11 is 6.29.